The molecule has 0 amide bonds. The molecule has 104 valence electrons. The SMILES string of the molecule is CCNc1nc(NC(C)(C)C#N)nc(-n2ccnc2)n1. The molecule has 2 N–H and O–H groups in total. The summed E-state index contributed by atoms with van der Waals surface area (Å²) in [7, 11) is 0. The van der Waals surface area contributed by atoms with Crippen LogP contribution in [0.25, 0.3) is 5.95 Å². The topological polar surface area (TPSA) is 104 Å². The van der Waals surface area contributed by atoms with Crippen LogP contribution in [0.3, 0.4) is 0 Å². The fraction of sp³-hybridized carbons (Fsp3) is 0.417. The van der Waals surface area contributed by atoms with Gasteiger partial charge in [-0.15, -0.1) is 0 Å². The van der Waals surface area contributed by atoms with Crippen molar-refractivity contribution in [3.8, 4) is 12.0 Å². The summed E-state index contributed by atoms with van der Waals surface area (Å²) in [5, 5.41) is 15.1. The third-order valence-corrected chi connectivity index (χ3v) is 2.40. The first-order valence-electron chi connectivity index (χ1n) is 6.22. The van der Waals surface area contributed by atoms with E-state index in [1.165, 1.54) is 0 Å². The molecule has 0 spiro atoms. The van der Waals surface area contributed by atoms with Gasteiger partial charge in [-0.05, 0) is 20.8 Å². The predicted molar refractivity (Wildman–Crippen MR) is 74.4 cm³/mol. The number of nitrogens with zero attached hydrogens (tertiary/aromatic N) is 6. The van der Waals surface area contributed by atoms with Crippen molar-refractivity contribution >= 4 is 11.9 Å². The van der Waals surface area contributed by atoms with E-state index in [4.69, 9.17) is 5.26 Å². The zero-order valence-electron chi connectivity index (χ0n) is 11.6. The second-order valence-electron chi connectivity index (χ2n) is 4.64. The lowest BCUT2D eigenvalue weighted by molar-refractivity contribution is 0.712. The number of nitriles is 1. The molecule has 0 aliphatic rings. The lowest BCUT2D eigenvalue weighted by Gasteiger charge is -2.18. The molecule has 2 heterocycles. The molecule has 8 heteroatoms. The highest BCUT2D eigenvalue weighted by Crippen LogP contribution is 2.13. The summed E-state index contributed by atoms with van der Waals surface area (Å²) in [6, 6.07) is 2.14. The average molecular weight is 272 g/mol. The summed E-state index contributed by atoms with van der Waals surface area (Å²) >= 11 is 0. The van der Waals surface area contributed by atoms with Gasteiger partial charge >= 0.3 is 0 Å². The van der Waals surface area contributed by atoms with Gasteiger partial charge < -0.3 is 10.6 Å². The lowest BCUT2D eigenvalue weighted by atomic mass is 10.1. The van der Waals surface area contributed by atoms with Crippen molar-refractivity contribution in [3.63, 3.8) is 0 Å². The fourth-order valence-corrected chi connectivity index (χ4v) is 1.46. The Kier molecular flexibility index (Phi) is 3.79. The van der Waals surface area contributed by atoms with Crippen molar-refractivity contribution in [2.24, 2.45) is 0 Å². The maximum absolute atomic E-state index is 9.07. The number of hydrogen-bond acceptors (Lipinski definition) is 7. The minimum atomic E-state index is -0.767. The van der Waals surface area contributed by atoms with Gasteiger partial charge in [0.2, 0.25) is 17.8 Å². The molecule has 0 aliphatic heterocycles. The Labute approximate surface area is 116 Å². The number of hydrogen-bond donors (Lipinski definition) is 2. The number of imidazole rings is 1. The van der Waals surface area contributed by atoms with Gasteiger partial charge in [0.25, 0.3) is 0 Å². The summed E-state index contributed by atoms with van der Waals surface area (Å²) in [5.74, 6) is 1.22. The maximum atomic E-state index is 9.07. The molecule has 0 unspecified atom stereocenters. The molecule has 20 heavy (non-hydrogen) atoms. The van der Waals surface area contributed by atoms with Gasteiger partial charge in [0.15, 0.2) is 0 Å². The first-order valence-corrected chi connectivity index (χ1v) is 6.22. The van der Waals surface area contributed by atoms with E-state index < -0.39 is 5.54 Å². The quantitative estimate of drug-likeness (QED) is 0.842. The van der Waals surface area contributed by atoms with E-state index in [9.17, 15) is 0 Å². The zero-order valence-corrected chi connectivity index (χ0v) is 11.6. The second-order valence-corrected chi connectivity index (χ2v) is 4.64. The van der Waals surface area contributed by atoms with Gasteiger partial charge in [0.1, 0.15) is 11.9 Å². The molecule has 2 rings (SSSR count). The lowest BCUT2D eigenvalue weighted by Crippen LogP contribution is -2.30. The standard InChI is InChI=1S/C12H16N8/c1-4-15-9-16-10(19-12(2,3)7-13)18-11(17-9)20-6-5-14-8-20/h5-6,8H,4H2,1-3H3,(H2,15,16,17,18,19). The molecule has 0 aromatic carbocycles. The molecule has 0 aliphatic carbocycles. The monoisotopic (exact) mass is 272 g/mol. The maximum Gasteiger partial charge on any atom is 0.241 e. The summed E-state index contributed by atoms with van der Waals surface area (Å²) in [5.41, 5.74) is -0.767. The predicted octanol–water partition coefficient (Wildman–Crippen LogP) is 1.20. The molecule has 2 aromatic heterocycles. The number of rotatable bonds is 5. The molecule has 8 nitrogen and oxygen atoms in total. The molecule has 0 atom stereocenters. The smallest absolute Gasteiger partial charge is 0.241 e. The fourth-order valence-electron chi connectivity index (χ4n) is 1.46. The number of anilines is 2. The summed E-state index contributed by atoms with van der Waals surface area (Å²) in [4.78, 5) is 16.8. The number of nitrogens with one attached hydrogen (secondary N) is 2. The molecule has 0 bridgehead atoms. The summed E-state index contributed by atoms with van der Waals surface area (Å²) in [6.07, 6.45) is 4.98. The molecule has 0 radical (unpaired) electrons. The van der Waals surface area contributed by atoms with Crippen molar-refractivity contribution in [3.05, 3.63) is 18.7 Å². The van der Waals surface area contributed by atoms with Crippen LogP contribution in [0.4, 0.5) is 11.9 Å². The first-order chi connectivity index (χ1) is 9.54. The largest absolute Gasteiger partial charge is 0.354 e. The minimum Gasteiger partial charge on any atom is -0.354 e. The Bertz CT molecular complexity index is 611. The Hall–Kier alpha value is -2.69. The molecular weight excluding hydrogens is 256 g/mol. The van der Waals surface area contributed by atoms with Crippen molar-refractivity contribution in [2.75, 3.05) is 17.2 Å². The van der Waals surface area contributed by atoms with Crippen molar-refractivity contribution in [1.29, 1.82) is 5.26 Å². The van der Waals surface area contributed by atoms with Crippen LogP contribution in [0.2, 0.25) is 0 Å². The van der Waals surface area contributed by atoms with E-state index in [0.29, 0.717) is 24.4 Å². The number of aromatic nitrogens is 5. The van der Waals surface area contributed by atoms with E-state index in [-0.39, 0.29) is 0 Å². The van der Waals surface area contributed by atoms with Gasteiger partial charge in [-0.2, -0.15) is 20.2 Å². The molecule has 2 aromatic rings. The average Bonchev–Trinajstić information content (AvgIpc) is 2.92. The Morgan fingerprint density at radius 1 is 1.30 bits per heavy atom. The molecule has 0 saturated carbocycles. The van der Waals surface area contributed by atoms with E-state index in [0.717, 1.165) is 0 Å². The van der Waals surface area contributed by atoms with Gasteiger partial charge in [-0.1, -0.05) is 0 Å². The zero-order chi connectivity index (χ0) is 14.6. The Morgan fingerprint density at radius 3 is 2.65 bits per heavy atom. The van der Waals surface area contributed by atoms with E-state index in [1.54, 1.807) is 37.1 Å². The van der Waals surface area contributed by atoms with E-state index >= 15 is 0 Å². The van der Waals surface area contributed by atoms with E-state index in [2.05, 4.69) is 36.6 Å². The third-order valence-electron chi connectivity index (χ3n) is 2.40. The normalized spacial score (nSPS) is 10.9. The molecular formula is C12H16N8. The van der Waals surface area contributed by atoms with Crippen LogP contribution in [-0.4, -0.2) is 36.6 Å². The highest BCUT2D eigenvalue weighted by molar-refractivity contribution is 5.41. The summed E-state index contributed by atoms with van der Waals surface area (Å²) < 4.78 is 1.67. The van der Waals surface area contributed by atoms with Crippen molar-refractivity contribution in [2.45, 2.75) is 26.3 Å². The van der Waals surface area contributed by atoms with Crippen LogP contribution in [0.1, 0.15) is 20.8 Å². The van der Waals surface area contributed by atoms with E-state index in [1.807, 2.05) is 6.92 Å². The Morgan fingerprint density at radius 2 is 2.05 bits per heavy atom. The van der Waals surface area contributed by atoms with Crippen molar-refractivity contribution in [1.82, 2.24) is 24.5 Å². The van der Waals surface area contributed by atoms with Crippen LogP contribution in [0.5, 0.6) is 0 Å². The van der Waals surface area contributed by atoms with Crippen LogP contribution in [0.15, 0.2) is 18.7 Å². The highest BCUT2D eigenvalue weighted by Gasteiger charge is 2.18. The summed E-state index contributed by atoms with van der Waals surface area (Å²) in [6.45, 7) is 6.14. The van der Waals surface area contributed by atoms with Crippen LogP contribution in [-0.2, 0) is 0 Å². The van der Waals surface area contributed by atoms with Gasteiger partial charge in [0.05, 0.1) is 6.07 Å². The molecule has 0 fully saturated rings. The Balaban J connectivity index is 2.39. The minimum absolute atomic E-state index is 0.339. The van der Waals surface area contributed by atoms with Crippen LogP contribution in [0, 0.1) is 11.3 Å². The van der Waals surface area contributed by atoms with Crippen LogP contribution < -0.4 is 10.6 Å². The second kappa shape index (κ2) is 5.52. The van der Waals surface area contributed by atoms with Gasteiger partial charge in [-0.25, -0.2) is 4.98 Å². The van der Waals surface area contributed by atoms with Crippen molar-refractivity contribution < 1.29 is 0 Å². The molecule has 0 saturated heterocycles. The van der Waals surface area contributed by atoms with Gasteiger partial charge in [-0.3, -0.25) is 4.57 Å². The van der Waals surface area contributed by atoms with Gasteiger partial charge in [0, 0.05) is 18.9 Å². The highest BCUT2D eigenvalue weighted by atomic mass is 15.3. The van der Waals surface area contributed by atoms with Crippen LogP contribution >= 0.6 is 0 Å². The first kappa shape index (κ1) is 13.7. The third kappa shape index (κ3) is 3.20.